The second-order valence-electron chi connectivity index (χ2n) is 6.61. The van der Waals surface area contributed by atoms with E-state index in [-0.39, 0.29) is 4.90 Å². The van der Waals surface area contributed by atoms with Crippen LogP contribution >= 0.6 is 0 Å². The maximum Gasteiger partial charge on any atom is 0.298 e. The number of hydrogen-bond donors (Lipinski definition) is 0. The first-order chi connectivity index (χ1) is 14.3. The van der Waals surface area contributed by atoms with E-state index in [1.165, 1.54) is 26.4 Å². The van der Waals surface area contributed by atoms with Gasteiger partial charge in [-0.2, -0.15) is 8.42 Å². The number of carbonyl (C=O) groups is 1. The smallest absolute Gasteiger partial charge is 0.298 e. The van der Waals surface area contributed by atoms with Gasteiger partial charge in [-0.1, -0.05) is 29.8 Å². The highest BCUT2D eigenvalue weighted by atomic mass is 32.2. The SMILES string of the molecule is COc1ccc(C(=O)C(OS(=O)(=O)c2ccc(C)cc2)c2ccc(OC)cc2)cc1. The maximum atomic E-state index is 13.2. The maximum absolute atomic E-state index is 13.2. The average Bonchev–Trinajstić information content (AvgIpc) is 2.77. The minimum Gasteiger partial charge on any atom is -0.497 e. The van der Waals surface area contributed by atoms with E-state index in [2.05, 4.69) is 0 Å². The molecule has 0 aromatic heterocycles. The Labute approximate surface area is 176 Å². The molecule has 0 saturated carbocycles. The molecule has 3 aromatic carbocycles. The first-order valence-electron chi connectivity index (χ1n) is 9.16. The van der Waals surface area contributed by atoms with Gasteiger partial charge in [0.25, 0.3) is 10.1 Å². The zero-order chi connectivity index (χ0) is 21.7. The van der Waals surface area contributed by atoms with E-state index in [0.29, 0.717) is 22.6 Å². The fourth-order valence-corrected chi connectivity index (χ4v) is 3.86. The van der Waals surface area contributed by atoms with E-state index >= 15 is 0 Å². The summed E-state index contributed by atoms with van der Waals surface area (Å²) in [5, 5.41) is 0. The molecule has 156 valence electrons. The largest absolute Gasteiger partial charge is 0.497 e. The monoisotopic (exact) mass is 426 g/mol. The first-order valence-corrected chi connectivity index (χ1v) is 10.6. The Hall–Kier alpha value is -3.16. The topological polar surface area (TPSA) is 78.9 Å². The molecule has 0 heterocycles. The molecule has 0 bridgehead atoms. The molecule has 0 N–H and O–H groups in total. The second kappa shape index (κ2) is 9.11. The van der Waals surface area contributed by atoms with Crippen molar-refractivity contribution in [2.24, 2.45) is 0 Å². The second-order valence-corrected chi connectivity index (χ2v) is 8.18. The van der Waals surface area contributed by atoms with Gasteiger partial charge in [0.15, 0.2) is 11.9 Å². The third kappa shape index (κ3) is 4.87. The summed E-state index contributed by atoms with van der Waals surface area (Å²) < 4.78 is 41.4. The molecule has 0 aliphatic carbocycles. The predicted molar refractivity (Wildman–Crippen MR) is 113 cm³/mol. The van der Waals surface area contributed by atoms with Gasteiger partial charge in [0.1, 0.15) is 11.5 Å². The normalized spacial score (nSPS) is 12.2. The number of Topliss-reactive ketones (excluding diaryl/α,β-unsaturated/α-hetero) is 1. The molecule has 0 fully saturated rings. The summed E-state index contributed by atoms with van der Waals surface area (Å²) in [6, 6.07) is 19.1. The van der Waals surface area contributed by atoms with Crippen molar-refractivity contribution in [3.05, 3.63) is 89.5 Å². The van der Waals surface area contributed by atoms with Crippen molar-refractivity contribution in [1.82, 2.24) is 0 Å². The van der Waals surface area contributed by atoms with E-state index in [1.54, 1.807) is 60.7 Å². The van der Waals surface area contributed by atoms with Crippen molar-refractivity contribution in [1.29, 1.82) is 0 Å². The molecule has 30 heavy (non-hydrogen) atoms. The minimum atomic E-state index is -4.18. The molecular weight excluding hydrogens is 404 g/mol. The van der Waals surface area contributed by atoms with Gasteiger partial charge in [0, 0.05) is 5.56 Å². The Morgan fingerprint density at radius 2 is 1.27 bits per heavy atom. The number of aryl methyl sites for hydroxylation is 1. The number of carbonyl (C=O) groups excluding carboxylic acids is 1. The Morgan fingerprint density at radius 3 is 1.77 bits per heavy atom. The van der Waals surface area contributed by atoms with Gasteiger partial charge in [-0.25, -0.2) is 4.18 Å². The molecule has 0 aliphatic rings. The van der Waals surface area contributed by atoms with Crippen LogP contribution in [0.3, 0.4) is 0 Å². The standard InChI is InChI=1S/C23H22O6S/c1-16-4-14-21(15-5-16)30(25,26)29-23(18-8-12-20(28-3)13-9-18)22(24)17-6-10-19(27-2)11-7-17/h4-15,23H,1-3H3. The lowest BCUT2D eigenvalue weighted by molar-refractivity contribution is 0.0801. The summed E-state index contributed by atoms with van der Waals surface area (Å²) in [6.45, 7) is 1.85. The summed E-state index contributed by atoms with van der Waals surface area (Å²) >= 11 is 0. The Balaban J connectivity index is 1.99. The van der Waals surface area contributed by atoms with Crippen LogP contribution in [0.25, 0.3) is 0 Å². The quantitative estimate of drug-likeness (QED) is 0.394. The van der Waals surface area contributed by atoms with Gasteiger partial charge in [0.2, 0.25) is 0 Å². The molecule has 0 amide bonds. The van der Waals surface area contributed by atoms with Crippen LogP contribution in [0.4, 0.5) is 0 Å². The lowest BCUT2D eigenvalue weighted by atomic mass is 10.00. The molecule has 1 unspecified atom stereocenters. The number of rotatable bonds is 8. The third-order valence-electron chi connectivity index (χ3n) is 4.56. The summed E-state index contributed by atoms with van der Waals surface area (Å²) in [4.78, 5) is 13.2. The summed E-state index contributed by atoms with van der Waals surface area (Å²) in [5.41, 5.74) is 1.61. The molecule has 0 spiro atoms. The van der Waals surface area contributed by atoms with Crippen molar-refractivity contribution >= 4 is 15.9 Å². The van der Waals surface area contributed by atoms with E-state index in [0.717, 1.165) is 5.56 Å². The van der Waals surface area contributed by atoms with Gasteiger partial charge in [-0.15, -0.1) is 0 Å². The predicted octanol–water partition coefficient (Wildman–Crippen LogP) is 4.34. The van der Waals surface area contributed by atoms with Crippen molar-refractivity contribution < 1.29 is 26.9 Å². The fourth-order valence-electron chi connectivity index (χ4n) is 2.82. The van der Waals surface area contributed by atoms with Crippen LogP contribution in [0.15, 0.2) is 77.7 Å². The van der Waals surface area contributed by atoms with Crippen molar-refractivity contribution in [3.8, 4) is 11.5 Å². The highest BCUT2D eigenvalue weighted by Gasteiger charge is 2.30. The highest BCUT2D eigenvalue weighted by molar-refractivity contribution is 7.86. The van der Waals surface area contributed by atoms with Crippen LogP contribution < -0.4 is 9.47 Å². The van der Waals surface area contributed by atoms with Crippen molar-refractivity contribution in [3.63, 3.8) is 0 Å². The first kappa shape index (κ1) is 21.5. The molecule has 0 aliphatic heterocycles. The van der Waals surface area contributed by atoms with Gasteiger partial charge in [-0.3, -0.25) is 4.79 Å². The molecule has 0 saturated heterocycles. The van der Waals surface area contributed by atoms with E-state index in [4.69, 9.17) is 13.7 Å². The molecule has 6 nitrogen and oxygen atoms in total. The Morgan fingerprint density at radius 1 is 0.767 bits per heavy atom. The zero-order valence-corrected chi connectivity index (χ0v) is 17.7. The van der Waals surface area contributed by atoms with Crippen LogP contribution in [0.2, 0.25) is 0 Å². The van der Waals surface area contributed by atoms with Gasteiger partial charge >= 0.3 is 0 Å². The molecule has 3 aromatic rings. The van der Waals surface area contributed by atoms with Crippen LogP contribution in [0, 0.1) is 6.92 Å². The Bertz CT molecular complexity index is 1100. The van der Waals surface area contributed by atoms with Crippen LogP contribution in [0.1, 0.15) is 27.6 Å². The van der Waals surface area contributed by atoms with Crippen molar-refractivity contribution in [2.75, 3.05) is 14.2 Å². The number of benzene rings is 3. The number of ketones is 1. The summed E-state index contributed by atoms with van der Waals surface area (Å²) in [7, 11) is -1.14. The van der Waals surface area contributed by atoms with E-state index < -0.39 is 22.0 Å². The van der Waals surface area contributed by atoms with E-state index in [9.17, 15) is 13.2 Å². The summed E-state index contributed by atoms with van der Waals surface area (Å²) in [5.74, 6) is 0.676. The van der Waals surface area contributed by atoms with Crippen LogP contribution in [-0.2, 0) is 14.3 Å². The van der Waals surface area contributed by atoms with E-state index in [1.807, 2.05) is 6.92 Å². The molecule has 1 atom stereocenters. The number of methoxy groups -OCH3 is 2. The Kier molecular flexibility index (Phi) is 6.54. The third-order valence-corrected chi connectivity index (χ3v) is 5.86. The average molecular weight is 426 g/mol. The summed E-state index contributed by atoms with van der Waals surface area (Å²) in [6.07, 6.45) is -1.35. The lowest BCUT2D eigenvalue weighted by Gasteiger charge is -2.18. The molecule has 3 rings (SSSR count). The van der Waals surface area contributed by atoms with Gasteiger partial charge in [-0.05, 0) is 61.0 Å². The van der Waals surface area contributed by atoms with Gasteiger partial charge in [0.05, 0.1) is 19.1 Å². The fraction of sp³-hybridized carbons (Fsp3) is 0.174. The van der Waals surface area contributed by atoms with Gasteiger partial charge < -0.3 is 9.47 Å². The minimum absolute atomic E-state index is 0.0193. The number of hydrogen-bond acceptors (Lipinski definition) is 6. The number of ether oxygens (including phenoxy) is 2. The van der Waals surface area contributed by atoms with Crippen LogP contribution in [0.5, 0.6) is 11.5 Å². The zero-order valence-electron chi connectivity index (χ0n) is 16.9. The van der Waals surface area contributed by atoms with Crippen LogP contribution in [-0.4, -0.2) is 28.4 Å². The molecule has 0 radical (unpaired) electrons. The van der Waals surface area contributed by atoms with Crippen molar-refractivity contribution in [2.45, 2.75) is 17.9 Å². The highest BCUT2D eigenvalue weighted by Crippen LogP contribution is 2.29. The lowest BCUT2D eigenvalue weighted by Crippen LogP contribution is -2.20. The molecule has 7 heteroatoms. The molecular formula is C23H22O6S.